The molecule has 0 bridgehead atoms. The maximum atomic E-state index is 12.0. The van der Waals surface area contributed by atoms with Crippen LogP contribution >= 0.6 is 11.8 Å². The van der Waals surface area contributed by atoms with Crippen molar-refractivity contribution in [3.05, 3.63) is 70.8 Å². The monoisotopic (exact) mass is 395 g/mol. The zero-order chi connectivity index (χ0) is 19.5. The maximum absolute atomic E-state index is 12.0. The fraction of sp³-hybridized carbons (Fsp3) is 0.150. The fourth-order valence-electron chi connectivity index (χ4n) is 2.92. The standard InChI is InChI=1S/C20H17N3O4S/c1-25-14-7-8-15-13(9-19(24)27-18(15)10-14)11-28-20-22-21-12-23(20)16-5-3-4-6-17(16)26-2/h3-10,12H,11H2,1-2H3. The third-order valence-electron chi connectivity index (χ3n) is 4.26. The van der Waals surface area contributed by atoms with Gasteiger partial charge in [-0.3, -0.25) is 4.57 Å². The smallest absolute Gasteiger partial charge is 0.336 e. The van der Waals surface area contributed by atoms with Crippen molar-refractivity contribution in [2.75, 3.05) is 14.2 Å². The van der Waals surface area contributed by atoms with Gasteiger partial charge in [-0.2, -0.15) is 0 Å². The second kappa shape index (κ2) is 7.77. The van der Waals surface area contributed by atoms with E-state index in [1.54, 1.807) is 26.6 Å². The van der Waals surface area contributed by atoms with E-state index in [0.29, 0.717) is 22.2 Å². The minimum Gasteiger partial charge on any atom is -0.497 e. The lowest BCUT2D eigenvalue weighted by Gasteiger charge is -2.11. The molecule has 0 aliphatic rings. The second-order valence-electron chi connectivity index (χ2n) is 5.90. The van der Waals surface area contributed by atoms with Gasteiger partial charge in [-0.25, -0.2) is 4.79 Å². The summed E-state index contributed by atoms with van der Waals surface area (Å²) in [6.45, 7) is 0. The number of para-hydroxylation sites is 2. The minimum atomic E-state index is -0.400. The summed E-state index contributed by atoms with van der Waals surface area (Å²) in [5.74, 6) is 1.89. The molecule has 0 saturated carbocycles. The summed E-state index contributed by atoms with van der Waals surface area (Å²) in [7, 11) is 3.20. The highest BCUT2D eigenvalue weighted by molar-refractivity contribution is 7.98. The SMILES string of the molecule is COc1ccc2c(CSc3nncn3-c3ccccc3OC)cc(=O)oc2c1. The van der Waals surface area contributed by atoms with Crippen LogP contribution < -0.4 is 15.1 Å². The maximum Gasteiger partial charge on any atom is 0.336 e. The first-order valence-electron chi connectivity index (χ1n) is 8.46. The Balaban J connectivity index is 1.66. The van der Waals surface area contributed by atoms with Crippen LogP contribution in [0.1, 0.15) is 5.56 Å². The van der Waals surface area contributed by atoms with Gasteiger partial charge >= 0.3 is 5.63 Å². The topological polar surface area (TPSA) is 79.4 Å². The van der Waals surface area contributed by atoms with Gasteiger partial charge in [0, 0.05) is 23.3 Å². The Labute approximate surface area is 164 Å². The molecule has 0 unspecified atom stereocenters. The molecule has 0 radical (unpaired) electrons. The van der Waals surface area contributed by atoms with Crippen molar-refractivity contribution in [1.29, 1.82) is 0 Å². The Morgan fingerprint density at radius 2 is 1.96 bits per heavy atom. The molecule has 0 atom stereocenters. The number of benzene rings is 2. The van der Waals surface area contributed by atoms with E-state index in [1.807, 2.05) is 41.0 Å². The molecule has 4 rings (SSSR count). The predicted molar refractivity (Wildman–Crippen MR) is 107 cm³/mol. The van der Waals surface area contributed by atoms with Crippen LogP contribution in [0.2, 0.25) is 0 Å². The Hall–Kier alpha value is -3.26. The Morgan fingerprint density at radius 3 is 2.79 bits per heavy atom. The van der Waals surface area contributed by atoms with Crippen LogP contribution in [0.15, 0.2) is 69.2 Å². The highest BCUT2D eigenvalue weighted by atomic mass is 32.2. The van der Waals surface area contributed by atoms with E-state index < -0.39 is 5.63 Å². The van der Waals surface area contributed by atoms with Crippen molar-refractivity contribution >= 4 is 22.7 Å². The average molecular weight is 395 g/mol. The molecular weight excluding hydrogens is 378 g/mol. The summed E-state index contributed by atoms with van der Waals surface area (Å²) in [6.07, 6.45) is 1.64. The molecular formula is C20H17N3O4S. The summed E-state index contributed by atoms with van der Waals surface area (Å²) < 4.78 is 17.8. The lowest BCUT2D eigenvalue weighted by Crippen LogP contribution is -2.01. The second-order valence-corrected chi connectivity index (χ2v) is 6.84. The van der Waals surface area contributed by atoms with Gasteiger partial charge in [0.1, 0.15) is 23.4 Å². The number of hydrogen-bond acceptors (Lipinski definition) is 7. The minimum absolute atomic E-state index is 0.400. The van der Waals surface area contributed by atoms with Crippen molar-refractivity contribution in [2.24, 2.45) is 0 Å². The van der Waals surface area contributed by atoms with Crippen LogP contribution in [0.25, 0.3) is 16.7 Å². The first-order chi connectivity index (χ1) is 13.7. The molecule has 4 aromatic rings. The molecule has 2 aromatic heterocycles. The first kappa shape index (κ1) is 18.1. The zero-order valence-corrected chi connectivity index (χ0v) is 16.1. The molecule has 0 fully saturated rings. The van der Waals surface area contributed by atoms with Crippen LogP contribution in [0.5, 0.6) is 11.5 Å². The van der Waals surface area contributed by atoms with E-state index in [2.05, 4.69) is 10.2 Å². The van der Waals surface area contributed by atoms with Crippen molar-refractivity contribution in [1.82, 2.24) is 14.8 Å². The van der Waals surface area contributed by atoms with E-state index in [1.165, 1.54) is 17.8 Å². The molecule has 0 amide bonds. The molecule has 0 saturated heterocycles. The lowest BCUT2D eigenvalue weighted by atomic mass is 10.1. The summed E-state index contributed by atoms with van der Waals surface area (Å²) in [5.41, 5.74) is 1.80. The summed E-state index contributed by atoms with van der Waals surface area (Å²) in [5, 5.41) is 9.79. The number of nitrogens with zero attached hydrogens (tertiary/aromatic N) is 3. The molecule has 142 valence electrons. The predicted octanol–water partition coefficient (Wildman–Crippen LogP) is 3.68. The molecule has 0 N–H and O–H groups in total. The van der Waals surface area contributed by atoms with E-state index >= 15 is 0 Å². The number of rotatable bonds is 6. The quantitative estimate of drug-likeness (QED) is 0.364. The zero-order valence-electron chi connectivity index (χ0n) is 15.3. The van der Waals surface area contributed by atoms with Crippen molar-refractivity contribution in [3.8, 4) is 17.2 Å². The van der Waals surface area contributed by atoms with Gasteiger partial charge in [0.05, 0.1) is 19.9 Å². The highest BCUT2D eigenvalue weighted by Gasteiger charge is 2.13. The molecule has 8 heteroatoms. The van der Waals surface area contributed by atoms with Gasteiger partial charge in [-0.05, 0) is 29.8 Å². The van der Waals surface area contributed by atoms with Crippen molar-refractivity contribution in [2.45, 2.75) is 10.9 Å². The van der Waals surface area contributed by atoms with E-state index in [9.17, 15) is 4.79 Å². The van der Waals surface area contributed by atoms with Crippen LogP contribution in [-0.2, 0) is 5.75 Å². The summed E-state index contributed by atoms with van der Waals surface area (Å²) in [4.78, 5) is 12.0. The van der Waals surface area contributed by atoms with E-state index in [4.69, 9.17) is 13.9 Å². The van der Waals surface area contributed by atoms with Gasteiger partial charge < -0.3 is 13.9 Å². The molecule has 7 nitrogen and oxygen atoms in total. The number of hydrogen-bond donors (Lipinski definition) is 0. The number of aromatic nitrogens is 3. The number of fused-ring (bicyclic) bond motifs is 1. The van der Waals surface area contributed by atoms with Gasteiger partial charge in [0.15, 0.2) is 5.16 Å². The van der Waals surface area contributed by atoms with Crippen LogP contribution in [-0.4, -0.2) is 29.0 Å². The molecule has 2 aromatic carbocycles. The normalized spacial score (nSPS) is 10.9. The molecule has 2 heterocycles. The number of thioether (sulfide) groups is 1. The summed E-state index contributed by atoms with van der Waals surface area (Å²) >= 11 is 1.48. The highest BCUT2D eigenvalue weighted by Crippen LogP contribution is 2.30. The van der Waals surface area contributed by atoms with Crippen LogP contribution in [0.4, 0.5) is 0 Å². The van der Waals surface area contributed by atoms with E-state index in [0.717, 1.165) is 22.4 Å². The van der Waals surface area contributed by atoms with Gasteiger partial charge in [-0.1, -0.05) is 23.9 Å². The lowest BCUT2D eigenvalue weighted by molar-refractivity contribution is 0.412. The molecule has 28 heavy (non-hydrogen) atoms. The third kappa shape index (κ3) is 3.46. The van der Waals surface area contributed by atoms with Gasteiger partial charge in [0.25, 0.3) is 0 Å². The van der Waals surface area contributed by atoms with E-state index in [-0.39, 0.29) is 0 Å². The Kier molecular flexibility index (Phi) is 5.03. The van der Waals surface area contributed by atoms with Gasteiger partial charge in [0.2, 0.25) is 0 Å². The fourth-order valence-corrected chi connectivity index (χ4v) is 3.83. The van der Waals surface area contributed by atoms with Crippen molar-refractivity contribution < 1.29 is 13.9 Å². The van der Waals surface area contributed by atoms with Crippen LogP contribution in [0, 0.1) is 0 Å². The molecule has 0 aliphatic carbocycles. The average Bonchev–Trinajstić information content (AvgIpc) is 3.19. The van der Waals surface area contributed by atoms with Gasteiger partial charge in [-0.15, -0.1) is 10.2 Å². The Morgan fingerprint density at radius 1 is 1.11 bits per heavy atom. The van der Waals surface area contributed by atoms with Crippen molar-refractivity contribution in [3.63, 3.8) is 0 Å². The molecule has 0 spiro atoms. The first-order valence-corrected chi connectivity index (χ1v) is 9.45. The molecule has 0 aliphatic heterocycles. The largest absolute Gasteiger partial charge is 0.497 e. The number of methoxy groups -OCH3 is 2. The Bertz CT molecular complexity index is 1190. The summed E-state index contributed by atoms with van der Waals surface area (Å²) in [6, 6.07) is 14.6. The van der Waals surface area contributed by atoms with Crippen LogP contribution in [0.3, 0.4) is 0 Å². The number of ether oxygens (including phenoxy) is 2. The third-order valence-corrected chi connectivity index (χ3v) is 5.25.